The Morgan fingerprint density at radius 2 is 1.83 bits per heavy atom. The highest BCUT2D eigenvalue weighted by Crippen LogP contribution is 2.35. The lowest BCUT2D eigenvalue weighted by atomic mass is 10.1. The number of nitrogens with one attached hydrogen (secondary N) is 1. The van der Waals surface area contributed by atoms with Crippen molar-refractivity contribution >= 4 is 26.5 Å². The summed E-state index contributed by atoms with van der Waals surface area (Å²) >= 11 is 1.03. The predicted octanol–water partition coefficient (Wildman–Crippen LogP) is 5.36. The fourth-order valence-electron chi connectivity index (χ4n) is 2.26. The minimum atomic E-state index is -4.67. The van der Waals surface area contributed by atoms with E-state index in [1.54, 1.807) is 5.38 Å². The molecule has 0 atom stereocenters. The summed E-state index contributed by atoms with van der Waals surface area (Å²) < 4.78 is 97.5. The van der Waals surface area contributed by atoms with Crippen molar-refractivity contribution in [3.8, 4) is 11.5 Å². The van der Waals surface area contributed by atoms with Crippen LogP contribution in [0.15, 0.2) is 52.9 Å². The molecule has 1 N–H and O–H groups in total. The molecule has 2 aromatic carbocycles. The molecule has 0 spiro atoms. The first-order valence-electron chi connectivity index (χ1n) is 7.76. The zero-order valence-corrected chi connectivity index (χ0v) is 15.8. The van der Waals surface area contributed by atoms with E-state index in [9.17, 15) is 30.4 Å². The second-order valence-corrected chi connectivity index (χ2v) is 8.17. The number of benzene rings is 2. The number of ether oxygens (including phenoxy) is 1. The van der Waals surface area contributed by atoms with E-state index in [1.165, 1.54) is 6.20 Å². The van der Waals surface area contributed by atoms with E-state index in [4.69, 9.17) is 4.74 Å². The van der Waals surface area contributed by atoms with Crippen molar-refractivity contribution in [2.75, 3.05) is 4.72 Å². The van der Waals surface area contributed by atoms with Gasteiger partial charge in [-0.1, -0.05) is 0 Å². The maximum atomic E-state index is 14.3. The van der Waals surface area contributed by atoms with Gasteiger partial charge in [-0.2, -0.15) is 13.2 Å². The van der Waals surface area contributed by atoms with E-state index in [0.29, 0.717) is 18.2 Å². The topological polar surface area (TPSA) is 68.3 Å². The first-order valence-corrected chi connectivity index (χ1v) is 10.1. The molecule has 0 fully saturated rings. The highest BCUT2D eigenvalue weighted by atomic mass is 32.2. The number of rotatable bonds is 6. The normalized spacial score (nSPS) is 12.0. The van der Waals surface area contributed by atoms with E-state index >= 15 is 0 Å². The van der Waals surface area contributed by atoms with Crippen molar-refractivity contribution in [1.82, 2.24) is 4.98 Å². The molecule has 0 bridgehead atoms. The van der Waals surface area contributed by atoms with Crippen molar-refractivity contribution in [2.24, 2.45) is 0 Å². The van der Waals surface area contributed by atoms with E-state index in [1.807, 2.05) is 0 Å². The van der Waals surface area contributed by atoms with Gasteiger partial charge in [0.1, 0.15) is 12.4 Å². The summed E-state index contributed by atoms with van der Waals surface area (Å²) in [5, 5.41) is 1.63. The lowest BCUT2D eigenvalue weighted by Gasteiger charge is -2.14. The number of halogens is 5. The minimum absolute atomic E-state index is 0.0862. The lowest BCUT2D eigenvalue weighted by molar-refractivity contribution is -0.137. The van der Waals surface area contributed by atoms with Crippen molar-refractivity contribution in [3.63, 3.8) is 0 Å². The van der Waals surface area contributed by atoms with Gasteiger partial charge >= 0.3 is 6.18 Å². The van der Waals surface area contributed by atoms with Gasteiger partial charge in [-0.05, 0) is 36.4 Å². The van der Waals surface area contributed by atoms with Crippen molar-refractivity contribution in [2.45, 2.75) is 17.7 Å². The van der Waals surface area contributed by atoms with Crippen LogP contribution in [0.25, 0.3) is 0 Å². The fraction of sp³-hybridized carbons (Fsp3) is 0.118. The largest absolute Gasteiger partial charge is 0.454 e. The Morgan fingerprint density at radius 1 is 1.10 bits per heavy atom. The van der Waals surface area contributed by atoms with Crippen molar-refractivity contribution < 1.29 is 35.1 Å². The third kappa shape index (κ3) is 4.82. The predicted molar refractivity (Wildman–Crippen MR) is 95.7 cm³/mol. The van der Waals surface area contributed by atoms with Gasteiger partial charge in [0, 0.05) is 17.1 Å². The summed E-state index contributed by atoms with van der Waals surface area (Å²) in [5.74, 6) is -1.90. The zero-order valence-electron chi connectivity index (χ0n) is 14.2. The third-order valence-corrected chi connectivity index (χ3v) is 5.77. The van der Waals surface area contributed by atoms with E-state index in [0.717, 1.165) is 29.5 Å². The van der Waals surface area contributed by atoms with Crippen LogP contribution in [0.1, 0.15) is 11.1 Å². The van der Waals surface area contributed by atoms with Crippen LogP contribution in [-0.2, 0) is 22.9 Å². The number of aromatic nitrogens is 1. The van der Waals surface area contributed by atoms with E-state index in [-0.39, 0.29) is 10.9 Å². The standard InChI is InChI=1S/C17H11F5N2O3S2/c18-9-10-7-11(17(20,21)22)1-3-14(10)27-15-4-2-12(8-13(15)19)29(25,26)24-16-23-5-6-28-16/h1-8H,9H2,(H,23,24). The highest BCUT2D eigenvalue weighted by molar-refractivity contribution is 7.93. The molecular formula is C17H11F5N2O3S2. The van der Waals surface area contributed by atoms with E-state index < -0.39 is 50.5 Å². The molecule has 5 nitrogen and oxygen atoms in total. The van der Waals surface area contributed by atoms with Gasteiger partial charge in [0.25, 0.3) is 10.0 Å². The Labute approximate surface area is 165 Å². The van der Waals surface area contributed by atoms with Crippen LogP contribution in [0.4, 0.5) is 27.1 Å². The molecule has 3 aromatic rings. The number of nitrogens with zero attached hydrogens (tertiary/aromatic N) is 1. The molecular weight excluding hydrogens is 439 g/mol. The Balaban J connectivity index is 1.86. The average Bonchev–Trinajstić information content (AvgIpc) is 3.14. The van der Waals surface area contributed by atoms with Gasteiger partial charge in [-0.15, -0.1) is 11.3 Å². The first-order chi connectivity index (χ1) is 13.6. The summed E-state index contributed by atoms with van der Waals surface area (Å²) in [7, 11) is -4.11. The maximum Gasteiger partial charge on any atom is 0.416 e. The molecule has 0 aliphatic carbocycles. The van der Waals surface area contributed by atoms with Crippen LogP contribution in [0, 0.1) is 5.82 Å². The Kier molecular flexibility index (Phi) is 5.75. The van der Waals surface area contributed by atoms with Gasteiger partial charge in [-0.3, -0.25) is 4.72 Å². The number of hydrogen-bond donors (Lipinski definition) is 1. The number of thiazole rings is 1. The van der Waals surface area contributed by atoms with Crippen LogP contribution in [0.2, 0.25) is 0 Å². The molecule has 1 aromatic heterocycles. The first kappa shape index (κ1) is 21.0. The Morgan fingerprint density at radius 3 is 2.41 bits per heavy atom. The molecule has 0 saturated heterocycles. The molecule has 0 aliphatic rings. The average molecular weight is 450 g/mol. The van der Waals surface area contributed by atoms with Crippen molar-refractivity contribution in [3.05, 3.63) is 64.9 Å². The molecule has 3 rings (SSSR count). The molecule has 12 heteroatoms. The van der Waals surface area contributed by atoms with Gasteiger partial charge < -0.3 is 4.74 Å². The molecule has 154 valence electrons. The van der Waals surface area contributed by atoms with Gasteiger partial charge in [0.05, 0.1) is 10.5 Å². The quantitative estimate of drug-likeness (QED) is 0.513. The zero-order chi connectivity index (χ0) is 21.2. The molecule has 0 radical (unpaired) electrons. The molecule has 0 unspecified atom stereocenters. The maximum absolute atomic E-state index is 14.3. The highest BCUT2D eigenvalue weighted by Gasteiger charge is 2.31. The molecule has 0 aliphatic heterocycles. The number of alkyl halides is 4. The van der Waals surface area contributed by atoms with Crippen LogP contribution in [-0.4, -0.2) is 13.4 Å². The van der Waals surface area contributed by atoms with E-state index in [2.05, 4.69) is 9.71 Å². The third-order valence-electron chi connectivity index (χ3n) is 3.62. The summed E-state index contributed by atoms with van der Waals surface area (Å²) in [5.41, 5.74) is -1.51. The smallest absolute Gasteiger partial charge is 0.416 e. The van der Waals surface area contributed by atoms with Gasteiger partial charge in [-0.25, -0.2) is 22.2 Å². The molecule has 29 heavy (non-hydrogen) atoms. The number of hydrogen-bond acceptors (Lipinski definition) is 5. The second kappa shape index (κ2) is 7.95. The Hall–Kier alpha value is -2.73. The fourth-order valence-corrected chi connectivity index (χ4v) is 4.06. The monoisotopic (exact) mass is 450 g/mol. The number of sulfonamides is 1. The molecule has 1 heterocycles. The Bertz CT molecular complexity index is 1120. The van der Waals surface area contributed by atoms with Crippen LogP contribution >= 0.6 is 11.3 Å². The van der Waals surface area contributed by atoms with Crippen LogP contribution < -0.4 is 9.46 Å². The second-order valence-electron chi connectivity index (χ2n) is 5.59. The molecule has 0 saturated carbocycles. The van der Waals surface area contributed by atoms with Gasteiger partial charge in [0.15, 0.2) is 16.7 Å². The number of anilines is 1. The lowest BCUT2D eigenvalue weighted by Crippen LogP contribution is -2.13. The van der Waals surface area contributed by atoms with Gasteiger partial charge in [0.2, 0.25) is 0 Å². The van der Waals surface area contributed by atoms with Crippen molar-refractivity contribution in [1.29, 1.82) is 0 Å². The van der Waals surface area contributed by atoms with Crippen LogP contribution in [0.5, 0.6) is 11.5 Å². The SMILES string of the molecule is O=S(=O)(Nc1nccs1)c1ccc(Oc2ccc(C(F)(F)F)cc2CF)c(F)c1. The summed E-state index contributed by atoms with van der Waals surface area (Å²) in [6.45, 7) is -1.27. The van der Waals surface area contributed by atoms with Crippen LogP contribution in [0.3, 0.4) is 0 Å². The summed E-state index contributed by atoms with van der Waals surface area (Å²) in [6, 6.07) is 4.78. The summed E-state index contributed by atoms with van der Waals surface area (Å²) in [4.78, 5) is 3.34. The molecule has 0 amide bonds. The summed E-state index contributed by atoms with van der Waals surface area (Å²) in [6.07, 6.45) is -3.29. The minimum Gasteiger partial charge on any atom is -0.454 e.